The lowest BCUT2D eigenvalue weighted by atomic mass is 10.1. The first-order valence-electron chi connectivity index (χ1n) is 7.78. The van der Waals surface area contributed by atoms with Crippen molar-refractivity contribution in [3.63, 3.8) is 0 Å². The van der Waals surface area contributed by atoms with Crippen molar-refractivity contribution in [1.29, 1.82) is 0 Å². The number of ether oxygens (including phenoxy) is 2. The third-order valence-corrected chi connectivity index (χ3v) is 4.28. The zero-order valence-electron chi connectivity index (χ0n) is 12.4. The van der Waals surface area contributed by atoms with Gasteiger partial charge in [-0.3, -0.25) is 14.9 Å². The van der Waals surface area contributed by atoms with Gasteiger partial charge in [0.15, 0.2) is 11.5 Å². The monoisotopic (exact) mass is 297 g/mol. The van der Waals surface area contributed by atoms with Crippen LogP contribution in [0.5, 0.6) is 11.5 Å². The molecule has 0 spiro atoms. The predicted molar refractivity (Wildman–Crippen MR) is 81.8 cm³/mol. The largest absolute Gasteiger partial charge is 0.486 e. The SMILES string of the molecule is c1cnc([C@H]2CCCN2Cc2ccc3c(c2)OCCO3)cn1. The van der Waals surface area contributed by atoms with Crippen LogP contribution in [0.2, 0.25) is 0 Å². The average Bonchev–Trinajstić information content (AvgIpc) is 3.04. The van der Waals surface area contributed by atoms with Crippen LogP contribution in [0.4, 0.5) is 0 Å². The Kier molecular flexibility index (Phi) is 3.64. The van der Waals surface area contributed by atoms with Crippen LogP contribution in [-0.4, -0.2) is 34.6 Å². The van der Waals surface area contributed by atoms with E-state index in [1.165, 1.54) is 12.0 Å². The van der Waals surface area contributed by atoms with Gasteiger partial charge >= 0.3 is 0 Å². The van der Waals surface area contributed by atoms with E-state index >= 15 is 0 Å². The van der Waals surface area contributed by atoms with Gasteiger partial charge in [0.05, 0.1) is 11.7 Å². The van der Waals surface area contributed by atoms with Crippen LogP contribution in [0.15, 0.2) is 36.8 Å². The smallest absolute Gasteiger partial charge is 0.161 e. The molecule has 5 nitrogen and oxygen atoms in total. The number of likely N-dealkylation sites (tertiary alicyclic amines) is 1. The average molecular weight is 297 g/mol. The first kappa shape index (κ1) is 13.5. The van der Waals surface area contributed by atoms with Crippen molar-refractivity contribution >= 4 is 0 Å². The van der Waals surface area contributed by atoms with Crippen LogP contribution < -0.4 is 9.47 Å². The minimum absolute atomic E-state index is 0.363. The summed E-state index contributed by atoms with van der Waals surface area (Å²) in [5, 5.41) is 0. The molecule has 0 saturated carbocycles. The van der Waals surface area contributed by atoms with Crippen LogP contribution in [0.3, 0.4) is 0 Å². The van der Waals surface area contributed by atoms with Gasteiger partial charge in [0, 0.05) is 25.1 Å². The normalized spacial score (nSPS) is 21.0. The number of benzene rings is 1. The zero-order valence-corrected chi connectivity index (χ0v) is 12.4. The first-order valence-corrected chi connectivity index (χ1v) is 7.78. The fraction of sp³-hybridized carbons (Fsp3) is 0.412. The zero-order chi connectivity index (χ0) is 14.8. The van der Waals surface area contributed by atoms with Crippen molar-refractivity contribution in [1.82, 2.24) is 14.9 Å². The Morgan fingerprint density at radius 2 is 2.05 bits per heavy atom. The van der Waals surface area contributed by atoms with Crippen molar-refractivity contribution in [2.45, 2.75) is 25.4 Å². The van der Waals surface area contributed by atoms with Gasteiger partial charge in [-0.2, -0.15) is 0 Å². The summed E-state index contributed by atoms with van der Waals surface area (Å²) in [4.78, 5) is 11.1. The Labute approximate surface area is 129 Å². The predicted octanol–water partition coefficient (Wildman–Crippen LogP) is 2.58. The van der Waals surface area contributed by atoms with E-state index in [1.807, 2.05) is 12.3 Å². The fourth-order valence-corrected chi connectivity index (χ4v) is 3.25. The van der Waals surface area contributed by atoms with Crippen LogP contribution in [0.25, 0.3) is 0 Å². The lowest BCUT2D eigenvalue weighted by Crippen LogP contribution is -2.23. The van der Waals surface area contributed by atoms with Crippen LogP contribution in [0, 0.1) is 0 Å². The maximum absolute atomic E-state index is 5.67. The summed E-state index contributed by atoms with van der Waals surface area (Å²) in [5.74, 6) is 1.71. The van der Waals surface area contributed by atoms with Crippen LogP contribution >= 0.6 is 0 Å². The van der Waals surface area contributed by atoms with E-state index in [0.29, 0.717) is 19.3 Å². The molecule has 0 amide bonds. The van der Waals surface area contributed by atoms with Gasteiger partial charge < -0.3 is 9.47 Å². The molecule has 1 saturated heterocycles. The fourth-order valence-electron chi connectivity index (χ4n) is 3.25. The van der Waals surface area contributed by atoms with Crippen molar-refractivity contribution in [3.8, 4) is 11.5 Å². The summed E-state index contributed by atoms with van der Waals surface area (Å²) in [6, 6.07) is 6.60. The van der Waals surface area contributed by atoms with Crippen molar-refractivity contribution in [3.05, 3.63) is 48.0 Å². The standard InChI is InChI=1S/C17H19N3O2/c1-2-15(14-11-18-5-6-19-14)20(7-1)12-13-3-4-16-17(10-13)22-9-8-21-16/h3-6,10-11,15H,1-2,7-9,12H2/t15-/m1/s1. The van der Waals surface area contributed by atoms with E-state index in [9.17, 15) is 0 Å². The number of hydrogen-bond acceptors (Lipinski definition) is 5. The molecule has 0 aliphatic carbocycles. The molecular weight excluding hydrogens is 278 g/mol. The Hall–Kier alpha value is -2.14. The molecule has 1 aromatic carbocycles. The van der Waals surface area contributed by atoms with Gasteiger partial charge in [-0.05, 0) is 37.1 Å². The van der Waals surface area contributed by atoms with E-state index < -0.39 is 0 Å². The number of fused-ring (bicyclic) bond motifs is 1. The van der Waals surface area contributed by atoms with Gasteiger partial charge in [-0.25, -0.2) is 0 Å². The number of hydrogen-bond donors (Lipinski definition) is 0. The highest BCUT2D eigenvalue weighted by molar-refractivity contribution is 5.43. The summed E-state index contributed by atoms with van der Waals surface area (Å²) >= 11 is 0. The first-order chi connectivity index (χ1) is 10.9. The number of aromatic nitrogens is 2. The van der Waals surface area contributed by atoms with Crippen molar-refractivity contribution in [2.75, 3.05) is 19.8 Å². The van der Waals surface area contributed by atoms with E-state index in [1.54, 1.807) is 12.4 Å². The summed E-state index contributed by atoms with van der Waals surface area (Å²) in [5.41, 5.74) is 2.32. The maximum atomic E-state index is 5.67. The van der Waals surface area contributed by atoms with Gasteiger partial charge in [0.1, 0.15) is 13.2 Å². The van der Waals surface area contributed by atoms with E-state index in [4.69, 9.17) is 9.47 Å². The molecular formula is C17H19N3O2. The van der Waals surface area contributed by atoms with Crippen molar-refractivity contribution in [2.24, 2.45) is 0 Å². The molecule has 3 heterocycles. The van der Waals surface area contributed by atoms with Crippen molar-refractivity contribution < 1.29 is 9.47 Å². The topological polar surface area (TPSA) is 47.5 Å². The highest BCUT2D eigenvalue weighted by Crippen LogP contribution is 2.34. The Balaban J connectivity index is 1.53. The molecule has 0 radical (unpaired) electrons. The number of nitrogens with zero attached hydrogens (tertiary/aromatic N) is 3. The molecule has 114 valence electrons. The highest BCUT2D eigenvalue weighted by Gasteiger charge is 2.27. The molecule has 0 unspecified atom stereocenters. The Bertz CT molecular complexity index is 648. The lowest BCUT2D eigenvalue weighted by Gasteiger charge is -2.25. The molecule has 2 aromatic rings. The Morgan fingerprint density at radius 1 is 1.14 bits per heavy atom. The Morgan fingerprint density at radius 3 is 2.91 bits per heavy atom. The lowest BCUT2D eigenvalue weighted by molar-refractivity contribution is 0.171. The van der Waals surface area contributed by atoms with Crippen LogP contribution in [-0.2, 0) is 6.54 Å². The molecule has 0 bridgehead atoms. The summed E-state index contributed by atoms with van der Waals surface area (Å²) in [6.45, 7) is 3.25. The second kappa shape index (κ2) is 5.93. The van der Waals surface area contributed by atoms with Gasteiger partial charge in [0.2, 0.25) is 0 Å². The molecule has 2 aliphatic heterocycles. The minimum Gasteiger partial charge on any atom is -0.486 e. The van der Waals surface area contributed by atoms with Gasteiger partial charge in [-0.15, -0.1) is 0 Å². The third-order valence-electron chi connectivity index (χ3n) is 4.28. The molecule has 22 heavy (non-hydrogen) atoms. The molecule has 1 fully saturated rings. The number of rotatable bonds is 3. The second-order valence-electron chi connectivity index (χ2n) is 5.74. The van der Waals surface area contributed by atoms with E-state index in [0.717, 1.165) is 36.7 Å². The molecule has 1 atom stereocenters. The maximum Gasteiger partial charge on any atom is 0.161 e. The summed E-state index contributed by atoms with van der Waals surface area (Å²) in [6.07, 6.45) is 7.72. The third kappa shape index (κ3) is 2.64. The van der Waals surface area contributed by atoms with Gasteiger partial charge in [0.25, 0.3) is 0 Å². The van der Waals surface area contributed by atoms with E-state index in [-0.39, 0.29) is 0 Å². The molecule has 0 N–H and O–H groups in total. The molecule has 2 aliphatic rings. The second-order valence-corrected chi connectivity index (χ2v) is 5.74. The molecule has 4 rings (SSSR count). The molecule has 1 aromatic heterocycles. The van der Waals surface area contributed by atoms with E-state index in [2.05, 4.69) is 27.0 Å². The quantitative estimate of drug-likeness (QED) is 0.871. The minimum atomic E-state index is 0.363. The highest BCUT2D eigenvalue weighted by atomic mass is 16.6. The van der Waals surface area contributed by atoms with Crippen LogP contribution in [0.1, 0.15) is 30.1 Å². The summed E-state index contributed by atoms with van der Waals surface area (Å²) in [7, 11) is 0. The van der Waals surface area contributed by atoms with Gasteiger partial charge in [-0.1, -0.05) is 6.07 Å². The summed E-state index contributed by atoms with van der Waals surface area (Å²) < 4.78 is 11.3. The molecule has 5 heteroatoms.